The minimum Gasteiger partial charge on any atom is -0.495 e. The molecular formula is C10H8ClF3O2. The zero-order valence-electron chi connectivity index (χ0n) is 8.48. The van der Waals surface area contributed by atoms with Gasteiger partial charge in [-0.15, -0.1) is 0 Å². The van der Waals surface area contributed by atoms with Crippen LogP contribution in [0.5, 0.6) is 5.75 Å². The van der Waals surface area contributed by atoms with Gasteiger partial charge in [0.1, 0.15) is 11.3 Å². The Morgan fingerprint density at radius 1 is 1.38 bits per heavy atom. The van der Waals surface area contributed by atoms with E-state index in [1.54, 1.807) is 0 Å². The number of benzene rings is 1. The molecule has 1 aromatic rings. The summed E-state index contributed by atoms with van der Waals surface area (Å²) in [6.45, 7) is 1.05. The zero-order valence-corrected chi connectivity index (χ0v) is 9.24. The van der Waals surface area contributed by atoms with Crippen molar-refractivity contribution in [1.29, 1.82) is 0 Å². The smallest absolute Gasteiger partial charge is 0.420 e. The van der Waals surface area contributed by atoms with Crippen molar-refractivity contribution in [3.63, 3.8) is 0 Å². The van der Waals surface area contributed by atoms with Crippen molar-refractivity contribution in [3.05, 3.63) is 28.3 Å². The quantitative estimate of drug-likeness (QED) is 0.752. The van der Waals surface area contributed by atoms with Gasteiger partial charge in [-0.2, -0.15) is 13.2 Å². The number of hydrogen-bond donors (Lipinski definition) is 0. The highest BCUT2D eigenvalue weighted by atomic mass is 35.5. The average molecular weight is 253 g/mol. The number of ether oxygens (including phenoxy) is 1. The topological polar surface area (TPSA) is 26.3 Å². The van der Waals surface area contributed by atoms with E-state index in [-0.39, 0.29) is 5.02 Å². The molecule has 0 aliphatic heterocycles. The maximum Gasteiger partial charge on any atom is 0.420 e. The summed E-state index contributed by atoms with van der Waals surface area (Å²) in [7, 11) is 1.07. The molecule has 0 saturated carbocycles. The standard InChI is InChI=1S/C10H8ClF3O2/c1-5(15)6-3-4-7(11)9(16-2)8(6)10(12,13)14/h3-4H,1-2H3. The molecule has 1 aromatic carbocycles. The van der Waals surface area contributed by atoms with Crippen LogP contribution in [0.25, 0.3) is 0 Å². The number of alkyl halides is 3. The molecule has 16 heavy (non-hydrogen) atoms. The van der Waals surface area contributed by atoms with Crippen molar-refractivity contribution in [2.24, 2.45) is 0 Å². The van der Waals surface area contributed by atoms with Crippen LogP contribution in [0.15, 0.2) is 12.1 Å². The zero-order chi connectivity index (χ0) is 12.5. The Bertz CT molecular complexity index is 427. The van der Waals surface area contributed by atoms with Gasteiger partial charge in [0.2, 0.25) is 0 Å². The molecule has 0 spiro atoms. The molecule has 0 aromatic heterocycles. The van der Waals surface area contributed by atoms with E-state index < -0.39 is 28.8 Å². The molecule has 0 bridgehead atoms. The second-order valence-corrected chi connectivity index (χ2v) is 3.46. The lowest BCUT2D eigenvalue weighted by atomic mass is 10.0. The molecule has 6 heteroatoms. The molecule has 2 nitrogen and oxygen atoms in total. The fourth-order valence-corrected chi connectivity index (χ4v) is 1.57. The Morgan fingerprint density at radius 2 is 1.94 bits per heavy atom. The van der Waals surface area contributed by atoms with Crippen LogP contribution in [-0.2, 0) is 6.18 Å². The SMILES string of the molecule is COc1c(Cl)ccc(C(C)=O)c1C(F)(F)F. The molecule has 0 fully saturated rings. The summed E-state index contributed by atoms with van der Waals surface area (Å²) in [5.41, 5.74) is -1.58. The van der Waals surface area contributed by atoms with Gasteiger partial charge in [0.05, 0.1) is 12.1 Å². The molecular weight excluding hydrogens is 245 g/mol. The summed E-state index contributed by atoms with van der Waals surface area (Å²) in [6, 6.07) is 2.24. The van der Waals surface area contributed by atoms with Crippen LogP contribution in [0, 0.1) is 0 Å². The van der Waals surface area contributed by atoms with Crippen molar-refractivity contribution in [1.82, 2.24) is 0 Å². The molecule has 88 valence electrons. The predicted molar refractivity (Wildman–Crippen MR) is 53.0 cm³/mol. The first kappa shape index (κ1) is 12.8. The molecule has 0 aliphatic rings. The number of methoxy groups -OCH3 is 1. The van der Waals surface area contributed by atoms with Gasteiger partial charge in [0.15, 0.2) is 5.78 Å². The van der Waals surface area contributed by atoms with Crippen LogP contribution in [0.4, 0.5) is 13.2 Å². The first-order chi connectivity index (χ1) is 7.29. The number of Topliss-reactive ketones (excluding diaryl/α,β-unsaturated/α-hetero) is 1. The molecule has 0 heterocycles. The summed E-state index contributed by atoms with van der Waals surface area (Å²) in [4.78, 5) is 11.1. The number of halogens is 4. The Balaban J connectivity index is 3.61. The normalized spacial score (nSPS) is 11.4. The fraction of sp³-hybridized carbons (Fsp3) is 0.300. The van der Waals surface area contributed by atoms with Crippen molar-refractivity contribution < 1.29 is 22.7 Å². The van der Waals surface area contributed by atoms with Gasteiger partial charge in [0.25, 0.3) is 0 Å². The van der Waals surface area contributed by atoms with E-state index in [2.05, 4.69) is 4.74 Å². The number of hydrogen-bond acceptors (Lipinski definition) is 2. The monoisotopic (exact) mass is 252 g/mol. The molecule has 0 saturated heterocycles. The van der Waals surface area contributed by atoms with E-state index in [0.717, 1.165) is 20.1 Å². The van der Waals surface area contributed by atoms with Gasteiger partial charge in [-0.3, -0.25) is 4.79 Å². The third-order valence-corrected chi connectivity index (χ3v) is 2.27. The molecule has 0 atom stereocenters. The lowest BCUT2D eigenvalue weighted by Crippen LogP contribution is -2.13. The third-order valence-electron chi connectivity index (χ3n) is 1.98. The van der Waals surface area contributed by atoms with Gasteiger partial charge >= 0.3 is 6.18 Å². The Hall–Kier alpha value is -1.23. The Kier molecular flexibility index (Phi) is 3.48. The lowest BCUT2D eigenvalue weighted by molar-refractivity contribution is -0.139. The van der Waals surface area contributed by atoms with Crippen LogP contribution >= 0.6 is 11.6 Å². The highest BCUT2D eigenvalue weighted by Gasteiger charge is 2.39. The number of rotatable bonds is 2. The highest BCUT2D eigenvalue weighted by molar-refractivity contribution is 6.32. The summed E-state index contributed by atoms with van der Waals surface area (Å²) < 4.78 is 42.8. The van der Waals surface area contributed by atoms with Crippen molar-refractivity contribution in [2.75, 3.05) is 7.11 Å². The second-order valence-electron chi connectivity index (χ2n) is 3.06. The largest absolute Gasteiger partial charge is 0.495 e. The second kappa shape index (κ2) is 4.33. The van der Waals surface area contributed by atoms with Gasteiger partial charge < -0.3 is 4.74 Å². The maximum absolute atomic E-state index is 12.7. The van der Waals surface area contributed by atoms with Crippen LogP contribution < -0.4 is 4.74 Å². The number of carbonyl (C=O) groups excluding carboxylic acids is 1. The number of carbonyl (C=O) groups is 1. The van der Waals surface area contributed by atoms with E-state index in [1.807, 2.05) is 0 Å². The van der Waals surface area contributed by atoms with E-state index in [4.69, 9.17) is 11.6 Å². The van der Waals surface area contributed by atoms with Crippen molar-refractivity contribution >= 4 is 17.4 Å². The molecule has 0 radical (unpaired) electrons. The predicted octanol–water partition coefficient (Wildman–Crippen LogP) is 3.57. The summed E-state index contributed by atoms with van der Waals surface area (Å²) in [5, 5.41) is -0.181. The minimum atomic E-state index is -4.68. The van der Waals surface area contributed by atoms with Gasteiger partial charge in [0, 0.05) is 5.56 Å². The summed E-state index contributed by atoms with van der Waals surface area (Å²) in [6.07, 6.45) is -4.68. The van der Waals surface area contributed by atoms with Crippen LogP contribution in [0.2, 0.25) is 5.02 Å². The first-order valence-electron chi connectivity index (χ1n) is 4.23. The number of ketones is 1. The summed E-state index contributed by atoms with van der Waals surface area (Å²) in [5.74, 6) is -1.22. The molecule has 0 N–H and O–H groups in total. The average Bonchev–Trinajstić information content (AvgIpc) is 2.15. The maximum atomic E-state index is 12.7. The molecule has 0 unspecified atom stereocenters. The Morgan fingerprint density at radius 3 is 2.31 bits per heavy atom. The van der Waals surface area contributed by atoms with Gasteiger partial charge in [-0.25, -0.2) is 0 Å². The first-order valence-corrected chi connectivity index (χ1v) is 4.61. The van der Waals surface area contributed by atoms with E-state index in [9.17, 15) is 18.0 Å². The van der Waals surface area contributed by atoms with Crippen LogP contribution in [-0.4, -0.2) is 12.9 Å². The third kappa shape index (κ3) is 2.29. The fourth-order valence-electron chi connectivity index (χ4n) is 1.33. The van der Waals surface area contributed by atoms with Crippen molar-refractivity contribution in [3.8, 4) is 5.75 Å². The molecule has 0 aliphatic carbocycles. The lowest BCUT2D eigenvalue weighted by Gasteiger charge is -2.16. The summed E-state index contributed by atoms with van der Waals surface area (Å²) >= 11 is 5.58. The van der Waals surface area contributed by atoms with E-state index in [1.165, 1.54) is 6.07 Å². The van der Waals surface area contributed by atoms with Gasteiger partial charge in [-0.1, -0.05) is 11.6 Å². The Labute approximate surface area is 95.0 Å². The van der Waals surface area contributed by atoms with Crippen LogP contribution in [0.3, 0.4) is 0 Å². The molecule has 1 rings (SSSR count). The van der Waals surface area contributed by atoms with E-state index >= 15 is 0 Å². The molecule has 0 amide bonds. The van der Waals surface area contributed by atoms with Crippen LogP contribution in [0.1, 0.15) is 22.8 Å². The van der Waals surface area contributed by atoms with E-state index in [0.29, 0.717) is 0 Å². The van der Waals surface area contributed by atoms with Gasteiger partial charge in [-0.05, 0) is 19.1 Å². The minimum absolute atomic E-state index is 0.181. The van der Waals surface area contributed by atoms with Crippen molar-refractivity contribution in [2.45, 2.75) is 13.1 Å². The highest BCUT2D eigenvalue weighted by Crippen LogP contribution is 2.42.